The van der Waals surface area contributed by atoms with E-state index in [0.29, 0.717) is 11.1 Å². The summed E-state index contributed by atoms with van der Waals surface area (Å²) < 4.78 is 0.885. The number of terminal acetylenes is 1. The lowest BCUT2D eigenvalue weighted by Crippen LogP contribution is -1.85. The molecule has 0 saturated carbocycles. The van der Waals surface area contributed by atoms with Crippen molar-refractivity contribution in [3.63, 3.8) is 0 Å². The second kappa shape index (κ2) is 3.36. The van der Waals surface area contributed by atoms with Crippen LogP contribution >= 0.6 is 15.9 Å². The molecule has 1 aromatic carbocycles. The molecule has 0 amide bonds. The number of hydrogen-bond donors (Lipinski definition) is 0. The average molecular weight is 209 g/mol. The van der Waals surface area contributed by atoms with Gasteiger partial charge in [-0.05, 0) is 18.2 Å². The van der Waals surface area contributed by atoms with Crippen LogP contribution in [0.5, 0.6) is 0 Å². The van der Waals surface area contributed by atoms with Gasteiger partial charge < -0.3 is 0 Å². The predicted molar refractivity (Wildman–Crippen MR) is 47.5 cm³/mol. The van der Waals surface area contributed by atoms with Crippen LogP contribution in [0.15, 0.2) is 22.7 Å². The number of benzene rings is 1. The maximum absolute atomic E-state index is 10.4. The number of carbonyl (C=O) groups is 1. The van der Waals surface area contributed by atoms with Crippen LogP contribution in [0.1, 0.15) is 15.9 Å². The van der Waals surface area contributed by atoms with E-state index in [9.17, 15) is 4.79 Å². The largest absolute Gasteiger partial charge is 0.298 e. The molecule has 1 rings (SSSR count). The molecule has 0 spiro atoms. The summed E-state index contributed by atoms with van der Waals surface area (Å²) in [7, 11) is 0. The van der Waals surface area contributed by atoms with Crippen molar-refractivity contribution in [3.05, 3.63) is 33.8 Å². The Hall–Kier alpha value is -1.07. The molecule has 0 unspecified atom stereocenters. The molecule has 0 saturated heterocycles. The minimum atomic E-state index is 0.552. The van der Waals surface area contributed by atoms with Gasteiger partial charge in [-0.15, -0.1) is 6.42 Å². The highest BCUT2D eigenvalue weighted by Gasteiger charge is 1.97. The normalized spacial score (nSPS) is 8.73. The van der Waals surface area contributed by atoms with Crippen molar-refractivity contribution in [2.24, 2.45) is 0 Å². The summed E-state index contributed by atoms with van der Waals surface area (Å²) in [4.78, 5) is 10.4. The summed E-state index contributed by atoms with van der Waals surface area (Å²) in [5.74, 6) is 2.43. The Kier molecular flexibility index (Phi) is 2.45. The van der Waals surface area contributed by atoms with E-state index in [1.807, 2.05) is 0 Å². The summed E-state index contributed by atoms with van der Waals surface area (Å²) in [6.45, 7) is 0. The Bertz CT molecular complexity index is 323. The molecule has 0 heterocycles. The van der Waals surface area contributed by atoms with Gasteiger partial charge in [-0.1, -0.05) is 21.9 Å². The fourth-order valence-corrected chi connectivity index (χ4v) is 1.12. The van der Waals surface area contributed by atoms with E-state index in [4.69, 9.17) is 6.42 Å². The van der Waals surface area contributed by atoms with Crippen LogP contribution in [0.2, 0.25) is 0 Å². The van der Waals surface area contributed by atoms with Gasteiger partial charge in [-0.2, -0.15) is 0 Å². The van der Waals surface area contributed by atoms with Crippen molar-refractivity contribution in [1.29, 1.82) is 0 Å². The van der Waals surface area contributed by atoms with E-state index in [2.05, 4.69) is 21.9 Å². The van der Waals surface area contributed by atoms with Crippen molar-refractivity contribution in [2.75, 3.05) is 0 Å². The van der Waals surface area contributed by atoms with Crippen LogP contribution in [0.4, 0.5) is 0 Å². The SMILES string of the molecule is C#Cc1cc(Br)ccc1C=O. The maximum atomic E-state index is 10.4. The Labute approximate surface area is 73.6 Å². The highest BCUT2D eigenvalue weighted by atomic mass is 79.9. The zero-order valence-corrected chi connectivity index (χ0v) is 7.26. The molecule has 1 aromatic rings. The highest BCUT2D eigenvalue weighted by molar-refractivity contribution is 9.10. The molecule has 0 fully saturated rings. The van der Waals surface area contributed by atoms with E-state index >= 15 is 0 Å². The maximum Gasteiger partial charge on any atom is 0.151 e. The molecule has 2 heteroatoms. The van der Waals surface area contributed by atoms with Gasteiger partial charge >= 0.3 is 0 Å². The fourth-order valence-electron chi connectivity index (χ4n) is 0.756. The summed E-state index contributed by atoms with van der Waals surface area (Å²) in [5, 5.41) is 0. The van der Waals surface area contributed by atoms with E-state index in [1.165, 1.54) is 0 Å². The molecule has 0 N–H and O–H groups in total. The lowest BCUT2D eigenvalue weighted by atomic mass is 10.1. The lowest BCUT2D eigenvalue weighted by Gasteiger charge is -1.95. The highest BCUT2D eigenvalue weighted by Crippen LogP contribution is 2.14. The van der Waals surface area contributed by atoms with Crippen LogP contribution in [-0.2, 0) is 0 Å². The van der Waals surface area contributed by atoms with Gasteiger partial charge in [0.25, 0.3) is 0 Å². The number of rotatable bonds is 1. The Morgan fingerprint density at radius 3 is 2.82 bits per heavy atom. The van der Waals surface area contributed by atoms with Crippen LogP contribution in [-0.4, -0.2) is 6.29 Å². The first-order chi connectivity index (χ1) is 5.27. The van der Waals surface area contributed by atoms with Gasteiger partial charge in [-0.25, -0.2) is 0 Å². The third-order valence-electron chi connectivity index (χ3n) is 1.30. The second-order valence-electron chi connectivity index (χ2n) is 1.99. The van der Waals surface area contributed by atoms with Gasteiger partial charge in [0.15, 0.2) is 6.29 Å². The van der Waals surface area contributed by atoms with Crippen LogP contribution in [0.3, 0.4) is 0 Å². The quantitative estimate of drug-likeness (QED) is 0.512. The summed E-state index contributed by atoms with van der Waals surface area (Å²) in [5.41, 5.74) is 1.17. The molecule has 0 atom stereocenters. The smallest absolute Gasteiger partial charge is 0.151 e. The van der Waals surface area contributed by atoms with Gasteiger partial charge in [0.1, 0.15) is 0 Å². The predicted octanol–water partition coefficient (Wildman–Crippen LogP) is 2.24. The Morgan fingerprint density at radius 2 is 2.27 bits per heavy atom. The summed E-state index contributed by atoms with van der Waals surface area (Å²) in [6.07, 6.45) is 5.92. The van der Waals surface area contributed by atoms with Gasteiger partial charge in [-0.3, -0.25) is 4.79 Å². The molecule has 0 aliphatic carbocycles. The summed E-state index contributed by atoms with van der Waals surface area (Å²) >= 11 is 3.25. The first-order valence-electron chi connectivity index (χ1n) is 2.99. The first-order valence-corrected chi connectivity index (χ1v) is 3.78. The molecule has 11 heavy (non-hydrogen) atoms. The zero-order chi connectivity index (χ0) is 8.27. The van der Waals surface area contributed by atoms with Crippen LogP contribution < -0.4 is 0 Å². The standard InChI is InChI=1S/C9H5BrO/c1-2-7-5-9(10)4-3-8(7)6-11/h1,3-6H. The minimum absolute atomic E-state index is 0.552. The average Bonchev–Trinajstić information content (AvgIpc) is 2.04. The molecule has 0 radical (unpaired) electrons. The molecule has 54 valence electrons. The number of carbonyl (C=O) groups excluding carboxylic acids is 1. The minimum Gasteiger partial charge on any atom is -0.298 e. The van der Waals surface area contributed by atoms with Crippen LogP contribution in [0.25, 0.3) is 0 Å². The molecule has 1 nitrogen and oxygen atoms in total. The van der Waals surface area contributed by atoms with Crippen molar-refractivity contribution >= 4 is 22.2 Å². The van der Waals surface area contributed by atoms with Gasteiger partial charge in [0.05, 0.1) is 0 Å². The van der Waals surface area contributed by atoms with Gasteiger partial charge in [0, 0.05) is 15.6 Å². The Balaban J connectivity index is 3.30. The molecular weight excluding hydrogens is 204 g/mol. The lowest BCUT2D eigenvalue weighted by molar-refractivity contribution is 0.112. The van der Waals surface area contributed by atoms with E-state index < -0.39 is 0 Å². The van der Waals surface area contributed by atoms with E-state index in [1.54, 1.807) is 18.2 Å². The summed E-state index contributed by atoms with van der Waals surface area (Å²) in [6, 6.07) is 5.21. The fraction of sp³-hybridized carbons (Fsp3) is 0. The molecule has 0 aromatic heterocycles. The van der Waals surface area contributed by atoms with Crippen molar-refractivity contribution in [3.8, 4) is 12.3 Å². The van der Waals surface area contributed by atoms with E-state index in [-0.39, 0.29) is 0 Å². The molecular formula is C9H5BrO. The monoisotopic (exact) mass is 208 g/mol. The third kappa shape index (κ3) is 1.69. The first kappa shape index (κ1) is 8.03. The van der Waals surface area contributed by atoms with Gasteiger partial charge in [0.2, 0.25) is 0 Å². The number of hydrogen-bond acceptors (Lipinski definition) is 1. The number of halogens is 1. The number of aldehydes is 1. The van der Waals surface area contributed by atoms with Crippen molar-refractivity contribution < 1.29 is 4.79 Å². The second-order valence-corrected chi connectivity index (χ2v) is 2.91. The van der Waals surface area contributed by atoms with Crippen molar-refractivity contribution in [1.82, 2.24) is 0 Å². The molecule has 0 bridgehead atoms. The third-order valence-corrected chi connectivity index (χ3v) is 1.79. The van der Waals surface area contributed by atoms with Crippen LogP contribution in [0, 0.1) is 12.3 Å². The topological polar surface area (TPSA) is 17.1 Å². The molecule has 0 aliphatic heterocycles. The molecule has 0 aliphatic rings. The Morgan fingerprint density at radius 1 is 1.55 bits per heavy atom. The van der Waals surface area contributed by atoms with Crippen molar-refractivity contribution in [2.45, 2.75) is 0 Å². The zero-order valence-electron chi connectivity index (χ0n) is 5.67. The van der Waals surface area contributed by atoms with E-state index in [0.717, 1.165) is 10.8 Å².